The van der Waals surface area contributed by atoms with Crippen molar-refractivity contribution in [3.63, 3.8) is 0 Å². The molecule has 1 atom stereocenters. The topological polar surface area (TPSA) is 20.2 Å². The maximum absolute atomic E-state index is 13.9. The highest BCUT2D eigenvalue weighted by molar-refractivity contribution is 7.17. The molecule has 0 saturated heterocycles. The zero-order valence-corrected chi connectivity index (χ0v) is 12.3. The van der Waals surface area contributed by atoms with E-state index < -0.39 is 17.2 Å². The quantitative estimate of drug-likeness (QED) is 0.748. The summed E-state index contributed by atoms with van der Waals surface area (Å²) < 4.78 is 28.4. The first-order valence-electron chi connectivity index (χ1n) is 6.61. The molecule has 0 amide bonds. The minimum Gasteiger partial charge on any atom is -0.385 e. The lowest BCUT2D eigenvalue weighted by atomic mass is 9.88. The van der Waals surface area contributed by atoms with Crippen molar-refractivity contribution in [1.82, 2.24) is 0 Å². The van der Waals surface area contributed by atoms with Gasteiger partial charge in [0, 0.05) is 16.7 Å². The Hall–Kier alpha value is -1.78. The van der Waals surface area contributed by atoms with Gasteiger partial charge in [-0.1, -0.05) is 30.3 Å². The molecule has 1 nitrogen and oxygen atoms in total. The van der Waals surface area contributed by atoms with Gasteiger partial charge in [-0.05, 0) is 35.4 Å². The third-order valence-corrected chi connectivity index (χ3v) is 4.64. The summed E-state index contributed by atoms with van der Waals surface area (Å²) in [5, 5.41) is 13.6. The number of thiophene rings is 1. The fourth-order valence-electron chi connectivity index (χ4n) is 2.56. The van der Waals surface area contributed by atoms with Gasteiger partial charge in [0.05, 0.1) is 5.60 Å². The Morgan fingerprint density at radius 2 is 1.86 bits per heavy atom. The van der Waals surface area contributed by atoms with Gasteiger partial charge in [0.1, 0.15) is 0 Å². The van der Waals surface area contributed by atoms with Gasteiger partial charge in [0.25, 0.3) is 0 Å². The summed E-state index contributed by atoms with van der Waals surface area (Å²) in [4.78, 5) is 0. The molecular weight excluding hydrogens is 290 g/mol. The van der Waals surface area contributed by atoms with E-state index in [4.69, 9.17) is 0 Å². The molecule has 0 aliphatic rings. The highest BCUT2D eigenvalue weighted by Crippen LogP contribution is 2.33. The van der Waals surface area contributed by atoms with E-state index in [1.165, 1.54) is 19.1 Å². The fourth-order valence-corrected chi connectivity index (χ4v) is 3.52. The molecule has 0 radical (unpaired) electrons. The van der Waals surface area contributed by atoms with Crippen LogP contribution in [0.4, 0.5) is 8.78 Å². The summed E-state index contributed by atoms with van der Waals surface area (Å²) >= 11 is 1.58. The lowest BCUT2D eigenvalue weighted by Crippen LogP contribution is -2.26. The second-order valence-corrected chi connectivity index (χ2v) is 6.22. The Labute approximate surface area is 125 Å². The van der Waals surface area contributed by atoms with Gasteiger partial charge in [-0.15, -0.1) is 11.3 Å². The van der Waals surface area contributed by atoms with Crippen molar-refractivity contribution in [2.24, 2.45) is 0 Å². The number of halogens is 2. The minimum absolute atomic E-state index is 0.0159. The van der Waals surface area contributed by atoms with E-state index in [0.717, 1.165) is 21.7 Å². The van der Waals surface area contributed by atoms with Crippen molar-refractivity contribution in [1.29, 1.82) is 0 Å². The molecule has 1 N–H and O–H groups in total. The van der Waals surface area contributed by atoms with Gasteiger partial charge in [-0.25, -0.2) is 8.78 Å². The monoisotopic (exact) mass is 304 g/mol. The molecule has 0 spiro atoms. The molecule has 4 heteroatoms. The Morgan fingerprint density at radius 1 is 1.10 bits per heavy atom. The molecule has 21 heavy (non-hydrogen) atoms. The molecule has 2 aromatic carbocycles. The van der Waals surface area contributed by atoms with Crippen LogP contribution in [-0.4, -0.2) is 5.11 Å². The SMILES string of the molecule is CC(O)(Cc1csc2ccccc12)c1cccc(F)c1F. The number of fused-ring (bicyclic) bond motifs is 1. The molecule has 1 aromatic heterocycles. The van der Waals surface area contributed by atoms with Crippen LogP contribution in [0.2, 0.25) is 0 Å². The fraction of sp³-hybridized carbons (Fsp3) is 0.176. The maximum Gasteiger partial charge on any atom is 0.164 e. The average Bonchev–Trinajstić information content (AvgIpc) is 2.84. The van der Waals surface area contributed by atoms with Crippen molar-refractivity contribution >= 4 is 21.4 Å². The molecule has 3 rings (SSSR count). The third-order valence-electron chi connectivity index (χ3n) is 3.63. The molecule has 108 valence electrons. The summed E-state index contributed by atoms with van der Waals surface area (Å²) in [5.41, 5.74) is -0.544. The number of rotatable bonds is 3. The number of hydrogen-bond acceptors (Lipinski definition) is 2. The summed E-state index contributed by atoms with van der Waals surface area (Å²) in [7, 11) is 0. The van der Waals surface area contributed by atoms with Crippen molar-refractivity contribution in [3.8, 4) is 0 Å². The van der Waals surface area contributed by atoms with Gasteiger partial charge in [0.15, 0.2) is 11.6 Å². The predicted molar refractivity (Wildman–Crippen MR) is 81.5 cm³/mol. The van der Waals surface area contributed by atoms with E-state index in [0.29, 0.717) is 0 Å². The molecular formula is C17H14F2OS. The molecule has 0 fully saturated rings. The van der Waals surface area contributed by atoms with E-state index in [-0.39, 0.29) is 12.0 Å². The van der Waals surface area contributed by atoms with E-state index in [1.54, 1.807) is 11.3 Å². The van der Waals surface area contributed by atoms with Crippen LogP contribution in [-0.2, 0) is 12.0 Å². The standard InChI is InChI=1S/C17H14F2OS/c1-17(20,13-6-4-7-14(18)16(13)19)9-11-10-21-15-8-3-2-5-12(11)15/h2-8,10,20H,9H2,1H3. The Balaban J connectivity index is 2.01. The molecule has 0 bridgehead atoms. The zero-order chi connectivity index (χ0) is 15.0. The third kappa shape index (κ3) is 2.57. The molecule has 3 aromatic rings. The Kier molecular flexibility index (Phi) is 3.51. The van der Waals surface area contributed by atoms with Crippen LogP contribution in [0.3, 0.4) is 0 Å². The summed E-state index contributed by atoms with van der Waals surface area (Å²) in [6.45, 7) is 1.51. The predicted octanol–water partition coefficient (Wildman–Crippen LogP) is 4.63. The van der Waals surface area contributed by atoms with Gasteiger partial charge in [-0.2, -0.15) is 0 Å². The first-order valence-corrected chi connectivity index (χ1v) is 7.49. The van der Waals surface area contributed by atoms with E-state index in [9.17, 15) is 13.9 Å². The minimum atomic E-state index is -1.46. The largest absolute Gasteiger partial charge is 0.385 e. The molecule has 0 aliphatic heterocycles. The summed E-state index contributed by atoms with van der Waals surface area (Å²) in [6, 6.07) is 11.7. The lowest BCUT2D eigenvalue weighted by Gasteiger charge is -2.24. The summed E-state index contributed by atoms with van der Waals surface area (Å²) in [6.07, 6.45) is 0.234. The van der Waals surface area contributed by atoms with Gasteiger partial charge < -0.3 is 5.11 Å². The summed E-state index contributed by atoms with van der Waals surface area (Å²) in [5.74, 6) is -1.93. The maximum atomic E-state index is 13.9. The van der Waals surface area contributed by atoms with Crippen LogP contribution in [0.15, 0.2) is 47.8 Å². The van der Waals surface area contributed by atoms with Crippen molar-refractivity contribution in [3.05, 3.63) is 70.6 Å². The molecule has 1 unspecified atom stereocenters. The van der Waals surface area contributed by atoms with Crippen LogP contribution in [0, 0.1) is 11.6 Å². The van der Waals surface area contributed by atoms with Crippen LogP contribution < -0.4 is 0 Å². The Bertz CT molecular complexity index is 792. The smallest absolute Gasteiger partial charge is 0.164 e. The van der Waals surface area contributed by atoms with Crippen LogP contribution in [0.5, 0.6) is 0 Å². The first-order chi connectivity index (χ1) is 9.99. The average molecular weight is 304 g/mol. The lowest BCUT2D eigenvalue weighted by molar-refractivity contribution is 0.0534. The van der Waals surface area contributed by atoms with Crippen molar-refractivity contribution in [2.45, 2.75) is 18.9 Å². The van der Waals surface area contributed by atoms with Crippen molar-refractivity contribution in [2.75, 3.05) is 0 Å². The van der Waals surface area contributed by atoms with Gasteiger partial charge >= 0.3 is 0 Å². The van der Waals surface area contributed by atoms with Crippen LogP contribution in [0.25, 0.3) is 10.1 Å². The van der Waals surface area contributed by atoms with E-state index in [1.807, 2.05) is 29.6 Å². The molecule has 0 saturated carbocycles. The normalized spacial score (nSPS) is 14.3. The highest BCUT2D eigenvalue weighted by Gasteiger charge is 2.29. The second-order valence-electron chi connectivity index (χ2n) is 5.31. The number of hydrogen-bond donors (Lipinski definition) is 1. The van der Waals surface area contributed by atoms with E-state index >= 15 is 0 Å². The van der Waals surface area contributed by atoms with Crippen molar-refractivity contribution < 1.29 is 13.9 Å². The second kappa shape index (κ2) is 5.20. The first kappa shape index (κ1) is 14.2. The van der Waals surface area contributed by atoms with Crippen LogP contribution in [0.1, 0.15) is 18.1 Å². The van der Waals surface area contributed by atoms with Gasteiger partial charge in [-0.3, -0.25) is 0 Å². The highest BCUT2D eigenvalue weighted by atomic mass is 32.1. The molecule has 1 heterocycles. The van der Waals surface area contributed by atoms with Gasteiger partial charge in [0.2, 0.25) is 0 Å². The molecule has 0 aliphatic carbocycles. The Morgan fingerprint density at radius 3 is 2.67 bits per heavy atom. The number of aliphatic hydroxyl groups is 1. The number of benzene rings is 2. The van der Waals surface area contributed by atoms with Crippen LogP contribution >= 0.6 is 11.3 Å². The zero-order valence-electron chi connectivity index (χ0n) is 11.4. The van der Waals surface area contributed by atoms with E-state index in [2.05, 4.69) is 0 Å².